The topological polar surface area (TPSA) is 43.8 Å². The van der Waals surface area contributed by atoms with Gasteiger partial charge >= 0.3 is 0 Å². The Labute approximate surface area is 120 Å². The van der Waals surface area contributed by atoms with Crippen LogP contribution in [0.5, 0.6) is 0 Å². The van der Waals surface area contributed by atoms with Gasteiger partial charge in [0.1, 0.15) is 0 Å². The molecule has 0 bridgehead atoms. The molecule has 1 unspecified atom stereocenters. The minimum atomic E-state index is -0.365. The van der Waals surface area contributed by atoms with Crippen molar-refractivity contribution < 1.29 is 0 Å². The fourth-order valence-corrected chi connectivity index (χ4v) is 3.14. The van der Waals surface area contributed by atoms with Crippen molar-refractivity contribution >= 4 is 0 Å². The highest BCUT2D eigenvalue weighted by atomic mass is 15.3. The summed E-state index contributed by atoms with van der Waals surface area (Å²) >= 11 is 0. The van der Waals surface area contributed by atoms with Crippen LogP contribution < -0.4 is 5.73 Å². The van der Waals surface area contributed by atoms with Crippen LogP contribution in [0.3, 0.4) is 0 Å². The smallest absolute Gasteiger partial charge is 0.0646 e. The molecule has 1 aliphatic rings. The summed E-state index contributed by atoms with van der Waals surface area (Å²) in [5.74, 6) is 0. The third-order valence-electron chi connectivity index (χ3n) is 4.34. The van der Waals surface area contributed by atoms with Gasteiger partial charge in [-0.05, 0) is 31.4 Å². The lowest BCUT2D eigenvalue weighted by Crippen LogP contribution is -2.35. The number of hydrogen-bond acceptors (Lipinski definition) is 2. The highest BCUT2D eigenvalue weighted by molar-refractivity contribution is 5.25. The average Bonchev–Trinajstić information content (AvgIpc) is 3.10. The first-order valence-corrected chi connectivity index (χ1v) is 7.53. The normalized spacial score (nSPS) is 19.1. The zero-order valence-electron chi connectivity index (χ0n) is 12.1. The van der Waals surface area contributed by atoms with E-state index in [4.69, 9.17) is 10.8 Å². The number of aromatic nitrogens is 2. The molecule has 0 radical (unpaired) electrons. The number of nitrogens with zero attached hydrogens (tertiary/aromatic N) is 2. The Bertz CT molecular complexity index is 551. The van der Waals surface area contributed by atoms with E-state index in [0.29, 0.717) is 6.04 Å². The second-order valence-electron chi connectivity index (χ2n) is 6.19. The fraction of sp³-hybridized carbons (Fsp3) is 0.471. The lowest BCUT2D eigenvalue weighted by atomic mass is 9.88. The molecule has 0 aliphatic heterocycles. The number of nitrogens with two attached hydrogens (primary N) is 1. The predicted octanol–water partition coefficient (Wildman–Crippen LogP) is 3.41. The molecule has 1 heterocycles. The fourth-order valence-electron chi connectivity index (χ4n) is 3.14. The summed E-state index contributed by atoms with van der Waals surface area (Å²) < 4.78 is 2.14. The molecule has 0 spiro atoms. The number of benzene rings is 1. The molecule has 106 valence electrons. The van der Waals surface area contributed by atoms with Crippen molar-refractivity contribution in [2.45, 2.75) is 50.6 Å². The Morgan fingerprint density at radius 3 is 2.60 bits per heavy atom. The van der Waals surface area contributed by atoms with Gasteiger partial charge in [-0.1, -0.05) is 43.2 Å². The molecule has 3 nitrogen and oxygen atoms in total. The quantitative estimate of drug-likeness (QED) is 0.924. The lowest BCUT2D eigenvalue weighted by Gasteiger charge is -2.24. The van der Waals surface area contributed by atoms with Crippen LogP contribution in [-0.4, -0.2) is 9.78 Å². The molecule has 3 heteroatoms. The van der Waals surface area contributed by atoms with E-state index in [2.05, 4.69) is 36.0 Å². The summed E-state index contributed by atoms with van der Waals surface area (Å²) in [5, 5.41) is 4.74. The van der Waals surface area contributed by atoms with Crippen LogP contribution in [0.2, 0.25) is 0 Å². The largest absolute Gasteiger partial charge is 0.321 e. The molecule has 0 amide bonds. The van der Waals surface area contributed by atoms with E-state index in [1.54, 1.807) is 0 Å². The molecule has 1 aromatic heterocycles. The van der Waals surface area contributed by atoms with Gasteiger partial charge in [0.05, 0.1) is 11.7 Å². The first-order chi connectivity index (χ1) is 9.65. The van der Waals surface area contributed by atoms with Crippen LogP contribution in [-0.2, 0) is 12.0 Å². The van der Waals surface area contributed by atoms with Crippen molar-refractivity contribution in [2.75, 3.05) is 0 Å². The van der Waals surface area contributed by atoms with E-state index in [1.165, 1.54) is 25.7 Å². The SMILES string of the molecule is CC(N)(Cc1ccn(C2CCCC2)n1)c1ccccc1. The second kappa shape index (κ2) is 5.41. The molecule has 2 aromatic rings. The van der Waals surface area contributed by atoms with Gasteiger partial charge in [0, 0.05) is 18.2 Å². The van der Waals surface area contributed by atoms with E-state index in [9.17, 15) is 0 Å². The molecular weight excluding hydrogens is 246 g/mol. The van der Waals surface area contributed by atoms with Crippen LogP contribution in [0.1, 0.15) is 49.9 Å². The van der Waals surface area contributed by atoms with Crippen molar-refractivity contribution in [2.24, 2.45) is 5.73 Å². The maximum Gasteiger partial charge on any atom is 0.0646 e. The zero-order chi connectivity index (χ0) is 14.0. The molecule has 1 aromatic carbocycles. The van der Waals surface area contributed by atoms with Gasteiger partial charge < -0.3 is 5.73 Å². The maximum atomic E-state index is 6.48. The van der Waals surface area contributed by atoms with Crippen LogP contribution in [0.4, 0.5) is 0 Å². The van der Waals surface area contributed by atoms with Gasteiger partial charge in [0.15, 0.2) is 0 Å². The van der Waals surface area contributed by atoms with Crippen molar-refractivity contribution in [1.82, 2.24) is 9.78 Å². The van der Waals surface area contributed by atoms with Crippen LogP contribution in [0, 0.1) is 0 Å². The predicted molar refractivity (Wildman–Crippen MR) is 81.4 cm³/mol. The van der Waals surface area contributed by atoms with Crippen molar-refractivity contribution in [1.29, 1.82) is 0 Å². The molecule has 1 aliphatic carbocycles. The Balaban J connectivity index is 1.74. The van der Waals surface area contributed by atoms with E-state index >= 15 is 0 Å². The molecule has 3 rings (SSSR count). The molecule has 1 saturated carbocycles. The van der Waals surface area contributed by atoms with E-state index in [-0.39, 0.29) is 5.54 Å². The summed E-state index contributed by atoms with van der Waals surface area (Å²) in [7, 11) is 0. The van der Waals surface area contributed by atoms with Gasteiger partial charge in [-0.25, -0.2) is 0 Å². The van der Waals surface area contributed by atoms with Crippen LogP contribution >= 0.6 is 0 Å². The minimum Gasteiger partial charge on any atom is -0.321 e. The first-order valence-electron chi connectivity index (χ1n) is 7.53. The van der Waals surface area contributed by atoms with Gasteiger partial charge in [0.25, 0.3) is 0 Å². The molecule has 20 heavy (non-hydrogen) atoms. The Morgan fingerprint density at radius 1 is 1.20 bits per heavy atom. The molecular formula is C17H23N3. The van der Waals surface area contributed by atoms with E-state index in [1.807, 2.05) is 18.2 Å². The van der Waals surface area contributed by atoms with Gasteiger partial charge in [-0.2, -0.15) is 5.10 Å². The van der Waals surface area contributed by atoms with E-state index < -0.39 is 0 Å². The van der Waals surface area contributed by atoms with Crippen LogP contribution in [0.15, 0.2) is 42.6 Å². The highest BCUT2D eigenvalue weighted by Crippen LogP contribution is 2.29. The average molecular weight is 269 g/mol. The molecule has 0 saturated heterocycles. The summed E-state index contributed by atoms with van der Waals surface area (Å²) in [6.45, 7) is 2.08. The molecule has 1 fully saturated rings. The third-order valence-corrected chi connectivity index (χ3v) is 4.34. The summed E-state index contributed by atoms with van der Waals surface area (Å²) in [6, 6.07) is 13.0. The van der Waals surface area contributed by atoms with E-state index in [0.717, 1.165) is 17.7 Å². The third kappa shape index (κ3) is 2.78. The maximum absolute atomic E-state index is 6.48. The Morgan fingerprint density at radius 2 is 1.90 bits per heavy atom. The van der Waals surface area contributed by atoms with Crippen molar-refractivity contribution in [3.05, 3.63) is 53.9 Å². The van der Waals surface area contributed by atoms with Gasteiger partial charge in [-0.3, -0.25) is 4.68 Å². The van der Waals surface area contributed by atoms with Crippen LogP contribution in [0.25, 0.3) is 0 Å². The summed E-state index contributed by atoms with van der Waals surface area (Å²) in [4.78, 5) is 0. The molecule has 1 atom stereocenters. The Hall–Kier alpha value is -1.61. The minimum absolute atomic E-state index is 0.365. The highest BCUT2D eigenvalue weighted by Gasteiger charge is 2.24. The monoisotopic (exact) mass is 269 g/mol. The summed E-state index contributed by atoms with van der Waals surface area (Å²) in [6.07, 6.45) is 8.08. The molecule has 2 N–H and O–H groups in total. The summed E-state index contributed by atoms with van der Waals surface area (Å²) in [5.41, 5.74) is 8.37. The first kappa shape index (κ1) is 13.4. The zero-order valence-corrected chi connectivity index (χ0v) is 12.1. The standard InChI is InChI=1S/C17H23N3/c1-17(18,14-7-3-2-4-8-14)13-15-11-12-20(19-15)16-9-5-6-10-16/h2-4,7-8,11-12,16H,5-6,9-10,13,18H2,1H3. The number of hydrogen-bond donors (Lipinski definition) is 1. The lowest BCUT2D eigenvalue weighted by molar-refractivity contribution is 0.445. The van der Waals surface area contributed by atoms with Gasteiger partial charge in [0.2, 0.25) is 0 Å². The Kier molecular flexibility index (Phi) is 3.62. The van der Waals surface area contributed by atoms with Crippen molar-refractivity contribution in [3.63, 3.8) is 0 Å². The van der Waals surface area contributed by atoms with Gasteiger partial charge in [-0.15, -0.1) is 0 Å². The number of rotatable bonds is 4. The second-order valence-corrected chi connectivity index (χ2v) is 6.19. The van der Waals surface area contributed by atoms with Crippen molar-refractivity contribution in [3.8, 4) is 0 Å².